The molecule has 0 N–H and O–H groups in total. The van der Waals surface area contributed by atoms with E-state index in [4.69, 9.17) is 4.52 Å². The first-order valence-corrected chi connectivity index (χ1v) is 7.00. The van der Waals surface area contributed by atoms with Crippen molar-refractivity contribution in [2.75, 3.05) is 6.54 Å². The van der Waals surface area contributed by atoms with Crippen molar-refractivity contribution in [2.45, 2.75) is 32.7 Å². The van der Waals surface area contributed by atoms with E-state index >= 15 is 0 Å². The summed E-state index contributed by atoms with van der Waals surface area (Å²) >= 11 is 0. The van der Waals surface area contributed by atoms with Crippen LogP contribution in [0, 0.1) is 6.92 Å². The van der Waals surface area contributed by atoms with Crippen LogP contribution in [0.15, 0.2) is 34.9 Å². The molecule has 0 unspecified atom stereocenters. The molecule has 1 aliphatic heterocycles. The number of nitrogens with zero attached hydrogens (tertiary/aromatic N) is 2. The van der Waals surface area contributed by atoms with E-state index in [1.165, 1.54) is 11.1 Å². The fraction of sp³-hybridized carbons (Fsp3) is 0.375. The maximum absolute atomic E-state index is 12.3. The Labute approximate surface area is 118 Å². The third kappa shape index (κ3) is 2.59. The number of carbonyl (C=O) groups excluding carboxylic acids is 1. The first-order chi connectivity index (χ1) is 9.74. The fourth-order valence-corrected chi connectivity index (χ4v) is 2.65. The number of rotatable bonds is 3. The summed E-state index contributed by atoms with van der Waals surface area (Å²) < 4.78 is 5.29. The molecule has 104 valence electrons. The van der Waals surface area contributed by atoms with Gasteiger partial charge in [0.2, 0.25) is 5.91 Å². The lowest BCUT2D eigenvalue weighted by Gasteiger charge is -2.25. The van der Waals surface area contributed by atoms with Crippen molar-refractivity contribution in [3.8, 4) is 0 Å². The average Bonchev–Trinajstić information content (AvgIpc) is 2.87. The van der Waals surface area contributed by atoms with Gasteiger partial charge in [-0.05, 0) is 25.3 Å². The summed E-state index contributed by atoms with van der Waals surface area (Å²) in [7, 11) is 0. The van der Waals surface area contributed by atoms with Gasteiger partial charge in [0.15, 0.2) is 5.76 Å². The second-order valence-corrected chi connectivity index (χ2v) is 5.22. The second kappa shape index (κ2) is 5.49. The zero-order valence-corrected chi connectivity index (χ0v) is 11.6. The largest absolute Gasteiger partial charge is 0.359 e. The van der Waals surface area contributed by atoms with Crippen LogP contribution in [0.5, 0.6) is 0 Å². The van der Waals surface area contributed by atoms with E-state index < -0.39 is 0 Å². The Bertz CT molecular complexity index is 604. The molecule has 1 aromatic heterocycles. The summed E-state index contributed by atoms with van der Waals surface area (Å²) in [5.41, 5.74) is 3.34. The predicted molar refractivity (Wildman–Crippen MR) is 75.1 cm³/mol. The molecule has 0 aliphatic carbocycles. The molecule has 0 saturated heterocycles. The maximum atomic E-state index is 12.3. The molecule has 0 bridgehead atoms. The topological polar surface area (TPSA) is 46.3 Å². The number of hydrogen-bond acceptors (Lipinski definition) is 3. The van der Waals surface area contributed by atoms with Gasteiger partial charge in [-0.15, -0.1) is 0 Å². The van der Waals surface area contributed by atoms with E-state index in [1.54, 1.807) is 0 Å². The van der Waals surface area contributed by atoms with Crippen molar-refractivity contribution in [3.63, 3.8) is 0 Å². The zero-order valence-electron chi connectivity index (χ0n) is 11.6. The summed E-state index contributed by atoms with van der Waals surface area (Å²) in [6.45, 7) is 3.28. The summed E-state index contributed by atoms with van der Waals surface area (Å²) in [5, 5.41) is 3.97. The minimum atomic E-state index is 0.188. The molecule has 2 heterocycles. The lowest BCUT2D eigenvalue weighted by molar-refractivity contribution is -0.132. The number of carbonyl (C=O) groups is 1. The first-order valence-electron chi connectivity index (χ1n) is 7.00. The molecule has 3 rings (SSSR count). The van der Waals surface area contributed by atoms with Crippen LogP contribution in [0.25, 0.3) is 0 Å². The molecule has 1 amide bonds. The highest BCUT2D eigenvalue weighted by Gasteiger charge is 2.25. The van der Waals surface area contributed by atoms with Crippen LogP contribution in [0.2, 0.25) is 0 Å². The molecule has 2 aromatic rings. The molecule has 20 heavy (non-hydrogen) atoms. The van der Waals surface area contributed by atoms with Crippen LogP contribution < -0.4 is 0 Å². The normalized spacial score (nSPS) is 14.2. The van der Waals surface area contributed by atoms with Crippen molar-refractivity contribution in [1.82, 2.24) is 10.1 Å². The number of aryl methyl sites for hydroxylation is 2. The van der Waals surface area contributed by atoms with E-state index in [1.807, 2.05) is 30.0 Å². The highest BCUT2D eigenvalue weighted by atomic mass is 16.5. The molecule has 0 fully saturated rings. The van der Waals surface area contributed by atoms with E-state index in [-0.39, 0.29) is 5.91 Å². The molecular formula is C16H18N2O2. The van der Waals surface area contributed by atoms with Crippen LogP contribution in [0.3, 0.4) is 0 Å². The van der Waals surface area contributed by atoms with Gasteiger partial charge < -0.3 is 9.42 Å². The van der Waals surface area contributed by atoms with E-state index in [0.717, 1.165) is 30.8 Å². The number of fused-ring (bicyclic) bond motifs is 1. The van der Waals surface area contributed by atoms with E-state index in [9.17, 15) is 4.79 Å². The van der Waals surface area contributed by atoms with Crippen LogP contribution >= 0.6 is 0 Å². The van der Waals surface area contributed by atoms with E-state index in [2.05, 4.69) is 17.3 Å². The summed E-state index contributed by atoms with van der Waals surface area (Å²) in [5.74, 6) is 1.04. The lowest BCUT2D eigenvalue weighted by atomic mass is 10.0. The predicted octanol–water partition coefficient (Wildman–Crippen LogP) is 2.50. The zero-order chi connectivity index (χ0) is 13.9. The fourth-order valence-electron chi connectivity index (χ4n) is 2.65. The Balaban J connectivity index is 1.59. The first kappa shape index (κ1) is 12.9. The van der Waals surface area contributed by atoms with Crippen molar-refractivity contribution >= 4 is 5.91 Å². The Kier molecular flexibility index (Phi) is 3.54. The Morgan fingerprint density at radius 1 is 1.35 bits per heavy atom. The van der Waals surface area contributed by atoms with Gasteiger partial charge in [0.05, 0.1) is 12.2 Å². The van der Waals surface area contributed by atoms with Crippen molar-refractivity contribution in [2.24, 2.45) is 0 Å². The monoisotopic (exact) mass is 270 g/mol. The van der Waals surface area contributed by atoms with Crippen molar-refractivity contribution < 1.29 is 9.32 Å². The molecule has 1 aromatic carbocycles. The van der Waals surface area contributed by atoms with Crippen molar-refractivity contribution in [1.29, 1.82) is 0 Å². The lowest BCUT2D eigenvalue weighted by Crippen LogP contribution is -2.35. The SMILES string of the molecule is Cc1noc2c1CCN(C(=O)CCc1ccccc1)C2. The summed E-state index contributed by atoms with van der Waals surface area (Å²) in [4.78, 5) is 14.1. The Morgan fingerprint density at radius 3 is 2.95 bits per heavy atom. The molecule has 0 atom stereocenters. The molecule has 0 spiro atoms. The molecule has 4 nitrogen and oxygen atoms in total. The number of benzene rings is 1. The summed E-state index contributed by atoms with van der Waals surface area (Å²) in [6, 6.07) is 10.1. The van der Waals surface area contributed by atoms with Gasteiger partial charge in [0.25, 0.3) is 0 Å². The Hall–Kier alpha value is -2.10. The minimum absolute atomic E-state index is 0.188. The quantitative estimate of drug-likeness (QED) is 0.861. The highest BCUT2D eigenvalue weighted by molar-refractivity contribution is 5.76. The summed E-state index contributed by atoms with van der Waals surface area (Å²) in [6.07, 6.45) is 2.19. The van der Waals surface area contributed by atoms with Crippen LogP contribution in [-0.2, 0) is 24.2 Å². The third-order valence-electron chi connectivity index (χ3n) is 3.86. The van der Waals surface area contributed by atoms with E-state index in [0.29, 0.717) is 13.0 Å². The molecular weight excluding hydrogens is 252 g/mol. The smallest absolute Gasteiger partial charge is 0.223 e. The van der Waals surface area contributed by atoms with Gasteiger partial charge in [-0.25, -0.2) is 0 Å². The average molecular weight is 270 g/mol. The number of amides is 1. The van der Waals surface area contributed by atoms with Gasteiger partial charge in [0.1, 0.15) is 0 Å². The molecule has 1 aliphatic rings. The minimum Gasteiger partial charge on any atom is -0.359 e. The molecule has 0 saturated carbocycles. The maximum Gasteiger partial charge on any atom is 0.223 e. The second-order valence-electron chi connectivity index (χ2n) is 5.22. The third-order valence-corrected chi connectivity index (χ3v) is 3.86. The van der Waals surface area contributed by atoms with Crippen molar-refractivity contribution in [3.05, 3.63) is 52.9 Å². The highest BCUT2D eigenvalue weighted by Crippen LogP contribution is 2.22. The van der Waals surface area contributed by atoms with Gasteiger partial charge in [0, 0.05) is 18.5 Å². The van der Waals surface area contributed by atoms with Gasteiger partial charge in [-0.1, -0.05) is 35.5 Å². The van der Waals surface area contributed by atoms with Gasteiger partial charge in [-0.3, -0.25) is 4.79 Å². The molecule has 0 radical (unpaired) electrons. The van der Waals surface area contributed by atoms with Crippen LogP contribution in [0.1, 0.15) is 29.0 Å². The number of aromatic nitrogens is 1. The molecule has 4 heteroatoms. The van der Waals surface area contributed by atoms with Crippen LogP contribution in [0.4, 0.5) is 0 Å². The van der Waals surface area contributed by atoms with Crippen LogP contribution in [-0.4, -0.2) is 22.5 Å². The standard InChI is InChI=1S/C16H18N2O2/c1-12-14-9-10-18(11-15(14)20-17-12)16(19)8-7-13-5-3-2-4-6-13/h2-6H,7-11H2,1H3. The van der Waals surface area contributed by atoms with Gasteiger partial charge >= 0.3 is 0 Å². The number of hydrogen-bond donors (Lipinski definition) is 0. The Morgan fingerprint density at radius 2 is 2.15 bits per heavy atom. The van der Waals surface area contributed by atoms with Gasteiger partial charge in [-0.2, -0.15) is 0 Å².